The van der Waals surface area contributed by atoms with Crippen LogP contribution >= 0.6 is 0 Å². The topological polar surface area (TPSA) is 100 Å². The maximum Gasteiger partial charge on any atom is 0.335 e. The molecule has 3 rings (SSSR count). The molecule has 0 aliphatic carbocycles. The van der Waals surface area contributed by atoms with Gasteiger partial charge in [0.15, 0.2) is 0 Å². The Kier molecular flexibility index (Phi) is 4.45. The lowest BCUT2D eigenvalue weighted by Gasteiger charge is -2.06. The van der Waals surface area contributed by atoms with Crippen molar-refractivity contribution in [3.8, 4) is 5.88 Å². The maximum absolute atomic E-state index is 12.5. The monoisotopic (exact) mass is 351 g/mol. The van der Waals surface area contributed by atoms with E-state index in [-0.39, 0.29) is 5.69 Å². The average molecular weight is 351 g/mol. The number of aryl methyl sites for hydroxylation is 1. The Labute approximate surface area is 149 Å². The van der Waals surface area contributed by atoms with E-state index in [2.05, 4.69) is 10.6 Å². The molecule has 0 aliphatic heterocycles. The van der Waals surface area contributed by atoms with Gasteiger partial charge in [0, 0.05) is 17.9 Å². The Bertz CT molecular complexity index is 1020. The zero-order valence-corrected chi connectivity index (χ0v) is 14.2. The first-order chi connectivity index (χ1) is 12.4. The number of carbonyl (C=O) groups is 3. The minimum atomic E-state index is -0.802. The molecule has 2 aromatic carbocycles. The van der Waals surface area contributed by atoms with E-state index in [1.807, 2.05) is 6.92 Å². The Balaban J connectivity index is 2.11. The van der Waals surface area contributed by atoms with Crippen molar-refractivity contribution in [3.63, 3.8) is 0 Å². The Hall–Kier alpha value is -3.61. The number of amides is 3. The second kappa shape index (κ2) is 6.72. The van der Waals surface area contributed by atoms with Gasteiger partial charge < -0.3 is 10.4 Å². The van der Waals surface area contributed by atoms with Gasteiger partial charge in [0.1, 0.15) is 5.69 Å². The minimum absolute atomic E-state index is 0.108. The molecule has 0 aliphatic rings. The number of benzene rings is 2. The molecular formula is C19H17N3O4. The average Bonchev–Trinajstić information content (AvgIpc) is 2.86. The molecule has 0 spiro atoms. The predicted octanol–water partition coefficient (Wildman–Crippen LogP) is 3.01. The van der Waals surface area contributed by atoms with Crippen LogP contribution in [0.3, 0.4) is 0 Å². The van der Waals surface area contributed by atoms with Crippen LogP contribution in [-0.4, -0.2) is 27.5 Å². The summed E-state index contributed by atoms with van der Waals surface area (Å²) in [4.78, 5) is 36.0. The summed E-state index contributed by atoms with van der Waals surface area (Å²) in [5, 5.41) is 15.8. The van der Waals surface area contributed by atoms with Crippen LogP contribution in [0.25, 0.3) is 10.9 Å². The first-order valence-corrected chi connectivity index (χ1v) is 7.91. The molecule has 3 amide bonds. The molecule has 3 N–H and O–H groups in total. The molecule has 7 nitrogen and oxygen atoms in total. The van der Waals surface area contributed by atoms with E-state index in [1.165, 1.54) is 6.92 Å². The molecule has 0 atom stereocenters. The number of rotatable bonds is 2. The van der Waals surface area contributed by atoms with Crippen LogP contribution in [0, 0.1) is 6.92 Å². The fourth-order valence-electron chi connectivity index (χ4n) is 2.70. The summed E-state index contributed by atoms with van der Waals surface area (Å²) in [5.41, 5.74) is 1.77. The van der Waals surface area contributed by atoms with E-state index >= 15 is 0 Å². The van der Waals surface area contributed by atoms with Crippen molar-refractivity contribution >= 4 is 34.4 Å². The molecule has 0 fully saturated rings. The van der Waals surface area contributed by atoms with Crippen molar-refractivity contribution in [2.45, 2.75) is 13.8 Å². The molecule has 1 aromatic heterocycles. The van der Waals surface area contributed by atoms with E-state index in [9.17, 15) is 19.5 Å². The number of imide groups is 1. The second-order valence-corrected chi connectivity index (χ2v) is 5.86. The van der Waals surface area contributed by atoms with Crippen LogP contribution in [0.2, 0.25) is 0 Å². The minimum Gasteiger partial charge on any atom is -0.493 e. The summed E-state index contributed by atoms with van der Waals surface area (Å²) in [6, 6.07) is 12.9. The van der Waals surface area contributed by atoms with Crippen molar-refractivity contribution in [1.82, 2.24) is 9.88 Å². The van der Waals surface area contributed by atoms with Gasteiger partial charge in [0.25, 0.3) is 5.91 Å². The van der Waals surface area contributed by atoms with Crippen molar-refractivity contribution < 1.29 is 19.5 Å². The lowest BCUT2D eigenvalue weighted by Crippen LogP contribution is -2.31. The molecule has 0 saturated heterocycles. The maximum atomic E-state index is 12.5. The van der Waals surface area contributed by atoms with E-state index in [0.29, 0.717) is 16.5 Å². The lowest BCUT2D eigenvalue weighted by atomic mass is 10.1. The van der Waals surface area contributed by atoms with Gasteiger partial charge in [-0.15, -0.1) is 0 Å². The summed E-state index contributed by atoms with van der Waals surface area (Å²) >= 11 is 0. The van der Waals surface area contributed by atoms with E-state index in [1.54, 1.807) is 48.5 Å². The van der Waals surface area contributed by atoms with Gasteiger partial charge in [-0.05, 0) is 31.2 Å². The fraction of sp³-hybridized carbons (Fsp3) is 0.105. The standard InChI is InChI=1S/C19H17N3O4/c1-11-8-9-15-14(10-11)16(18(25)22(15)19(26)20-12(2)23)21-17(24)13-6-4-3-5-7-13/h3-10,25H,1-2H3,(H,21,24)(H,20,23,26). The normalized spacial score (nSPS) is 10.5. The third-order valence-corrected chi connectivity index (χ3v) is 3.86. The largest absolute Gasteiger partial charge is 0.493 e. The van der Waals surface area contributed by atoms with Crippen LogP contribution < -0.4 is 10.6 Å². The molecule has 0 radical (unpaired) electrons. The number of aromatic nitrogens is 1. The quantitative estimate of drug-likeness (QED) is 0.661. The molecule has 3 aromatic rings. The van der Waals surface area contributed by atoms with E-state index < -0.39 is 23.7 Å². The summed E-state index contributed by atoms with van der Waals surface area (Å²) in [7, 11) is 0. The summed E-state index contributed by atoms with van der Waals surface area (Å²) in [6.45, 7) is 3.05. The van der Waals surface area contributed by atoms with Gasteiger partial charge in [-0.2, -0.15) is 0 Å². The summed E-state index contributed by atoms with van der Waals surface area (Å²) in [6.07, 6.45) is 0. The van der Waals surface area contributed by atoms with Crippen molar-refractivity contribution in [2.75, 3.05) is 5.32 Å². The highest BCUT2D eigenvalue weighted by molar-refractivity contribution is 6.13. The first kappa shape index (κ1) is 17.2. The van der Waals surface area contributed by atoms with Crippen LogP contribution in [-0.2, 0) is 4.79 Å². The number of nitrogens with zero attached hydrogens (tertiary/aromatic N) is 1. The van der Waals surface area contributed by atoms with Gasteiger partial charge >= 0.3 is 6.03 Å². The number of fused-ring (bicyclic) bond motifs is 1. The number of nitrogens with one attached hydrogen (secondary N) is 2. The Morgan fingerprint density at radius 3 is 2.38 bits per heavy atom. The van der Waals surface area contributed by atoms with Gasteiger partial charge in [0.2, 0.25) is 11.8 Å². The molecule has 0 bridgehead atoms. The predicted molar refractivity (Wildman–Crippen MR) is 97.3 cm³/mol. The van der Waals surface area contributed by atoms with Gasteiger partial charge in [-0.25, -0.2) is 9.36 Å². The van der Waals surface area contributed by atoms with Crippen LogP contribution in [0.1, 0.15) is 22.8 Å². The van der Waals surface area contributed by atoms with E-state index in [4.69, 9.17) is 0 Å². The number of anilines is 1. The zero-order valence-electron chi connectivity index (χ0n) is 14.2. The lowest BCUT2D eigenvalue weighted by molar-refractivity contribution is -0.117. The van der Waals surface area contributed by atoms with Gasteiger partial charge in [-0.1, -0.05) is 29.8 Å². The number of hydrogen-bond acceptors (Lipinski definition) is 4. The highest BCUT2D eigenvalue weighted by Crippen LogP contribution is 2.37. The third-order valence-electron chi connectivity index (χ3n) is 3.86. The van der Waals surface area contributed by atoms with Gasteiger partial charge in [0.05, 0.1) is 5.52 Å². The molecular weight excluding hydrogens is 334 g/mol. The summed E-state index contributed by atoms with van der Waals surface area (Å²) < 4.78 is 0.955. The van der Waals surface area contributed by atoms with Crippen LogP contribution in [0.4, 0.5) is 10.5 Å². The molecule has 1 heterocycles. The Morgan fingerprint density at radius 1 is 1.04 bits per heavy atom. The summed E-state index contributed by atoms with van der Waals surface area (Å²) in [5.74, 6) is -1.43. The number of aromatic hydroxyl groups is 1. The molecule has 26 heavy (non-hydrogen) atoms. The highest BCUT2D eigenvalue weighted by atomic mass is 16.3. The van der Waals surface area contributed by atoms with Crippen LogP contribution in [0.15, 0.2) is 48.5 Å². The SMILES string of the molecule is CC(=O)NC(=O)n1c(O)c(NC(=O)c2ccccc2)c2cc(C)ccc21. The molecule has 0 saturated carbocycles. The highest BCUT2D eigenvalue weighted by Gasteiger charge is 2.23. The molecule has 7 heteroatoms. The van der Waals surface area contributed by atoms with Crippen LogP contribution in [0.5, 0.6) is 5.88 Å². The first-order valence-electron chi connectivity index (χ1n) is 7.91. The van der Waals surface area contributed by atoms with Crippen molar-refractivity contribution in [2.24, 2.45) is 0 Å². The third kappa shape index (κ3) is 3.14. The Morgan fingerprint density at radius 2 is 1.73 bits per heavy atom. The second-order valence-electron chi connectivity index (χ2n) is 5.86. The fourth-order valence-corrected chi connectivity index (χ4v) is 2.70. The smallest absolute Gasteiger partial charge is 0.335 e. The zero-order chi connectivity index (χ0) is 18.8. The van der Waals surface area contributed by atoms with E-state index in [0.717, 1.165) is 10.1 Å². The number of carbonyl (C=O) groups excluding carboxylic acids is 3. The molecule has 132 valence electrons. The van der Waals surface area contributed by atoms with Gasteiger partial charge in [-0.3, -0.25) is 14.9 Å². The number of hydrogen-bond donors (Lipinski definition) is 3. The van der Waals surface area contributed by atoms with Crippen molar-refractivity contribution in [3.05, 3.63) is 59.7 Å². The molecule has 0 unspecified atom stereocenters. The van der Waals surface area contributed by atoms with Crippen molar-refractivity contribution in [1.29, 1.82) is 0 Å².